The molecule has 1 aromatic heterocycles. The van der Waals surface area contributed by atoms with Crippen LogP contribution < -0.4 is 10.1 Å². The van der Waals surface area contributed by atoms with Crippen molar-refractivity contribution in [2.75, 3.05) is 5.32 Å². The molecule has 0 fully saturated rings. The van der Waals surface area contributed by atoms with E-state index in [4.69, 9.17) is 20.8 Å². The molecule has 0 aliphatic rings. The fourth-order valence-electron chi connectivity index (χ4n) is 2.06. The number of nitrogens with zero attached hydrogens (tertiary/aromatic N) is 2. The topological polar surface area (TPSA) is 77.2 Å². The fraction of sp³-hybridized carbons (Fsp3) is 0.118. The van der Waals surface area contributed by atoms with Crippen molar-refractivity contribution in [3.05, 3.63) is 59.7 Å². The molecule has 0 spiro atoms. The van der Waals surface area contributed by atoms with E-state index >= 15 is 0 Å². The predicted molar refractivity (Wildman–Crippen MR) is 89.9 cm³/mol. The van der Waals surface area contributed by atoms with Crippen LogP contribution in [-0.2, 0) is 4.79 Å². The zero-order valence-corrected chi connectivity index (χ0v) is 13.8. The van der Waals surface area contributed by atoms with E-state index in [1.807, 2.05) is 0 Å². The molecule has 6 nitrogen and oxygen atoms in total. The Morgan fingerprint density at radius 3 is 2.68 bits per heavy atom. The van der Waals surface area contributed by atoms with E-state index < -0.39 is 17.8 Å². The second-order valence-corrected chi connectivity index (χ2v) is 5.58. The maximum absolute atomic E-state index is 13.7. The lowest BCUT2D eigenvalue weighted by Gasteiger charge is -2.15. The van der Waals surface area contributed by atoms with Crippen LogP contribution in [-0.4, -0.2) is 22.2 Å². The van der Waals surface area contributed by atoms with Gasteiger partial charge >= 0.3 is 0 Å². The van der Waals surface area contributed by atoms with Crippen molar-refractivity contribution in [3.63, 3.8) is 0 Å². The number of amides is 1. The summed E-state index contributed by atoms with van der Waals surface area (Å²) in [5.41, 5.74) is 0.766. The molecule has 0 saturated carbocycles. The number of hydrogen-bond acceptors (Lipinski definition) is 5. The Hall–Kier alpha value is -2.93. The molecule has 0 aliphatic carbocycles. The van der Waals surface area contributed by atoms with Crippen molar-refractivity contribution >= 4 is 23.2 Å². The van der Waals surface area contributed by atoms with Crippen LogP contribution in [0.2, 0.25) is 5.02 Å². The number of carbonyl (C=O) groups is 1. The molecule has 0 saturated heterocycles. The van der Waals surface area contributed by atoms with Crippen LogP contribution in [0.5, 0.6) is 5.75 Å². The molecule has 1 heterocycles. The highest BCUT2D eigenvalue weighted by Gasteiger charge is 2.17. The Morgan fingerprint density at radius 2 is 2.04 bits per heavy atom. The Morgan fingerprint density at radius 1 is 1.28 bits per heavy atom. The van der Waals surface area contributed by atoms with Gasteiger partial charge in [-0.3, -0.25) is 4.79 Å². The molecule has 2 aromatic carbocycles. The lowest BCUT2D eigenvalue weighted by Crippen LogP contribution is -2.30. The molecule has 0 bridgehead atoms. The van der Waals surface area contributed by atoms with Gasteiger partial charge in [-0.2, -0.15) is 0 Å². The van der Waals surface area contributed by atoms with Crippen molar-refractivity contribution < 1.29 is 18.3 Å². The Labute approximate surface area is 147 Å². The van der Waals surface area contributed by atoms with E-state index in [1.54, 1.807) is 31.2 Å². The molecule has 1 atom stereocenters. The zero-order chi connectivity index (χ0) is 17.8. The number of hydrogen-bond donors (Lipinski definition) is 1. The molecular formula is C17H13ClFN3O3. The van der Waals surface area contributed by atoms with Crippen LogP contribution in [0.25, 0.3) is 11.5 Å². The average Bonchev–Trinajstić information content (AvgIpc) is 3.12. The van der Waals surface area contributed by atoms with E-state index in [0.717, 1.165) is 11.6 Å². The normalized spacial score (nSPS) is 11.8. The van der Waals surface area contributed by atoms with Gasteiger partial charge < -0.3 is 14.5 Å². The third kappa shape index (κ3) is 4.13. The summed E-state index contributed by atoms with van der Waals surface area (Å²) in [4.78, 5) is 12.1. The third-order valence-electron chi connectivity index (χ3n) is 3.33. The molecule has 3 rings (SSSR count). The highest BCUT2D eigenvalue weighted by molar-refractivity contribution is 6.30. The van der Waals surface area contributed by atoms with Gasteiger partial charge in [0, 0.05) is 10.6 Å². The minimum Gasteiger partial charge on any atom is -0.481 e. The molecular weight excluding hydrogens is 349 g/mol. The second kappa shape index (κ2) is 7.31. The molecule has 128 valence electrons. The summed E-state index contributed by atoms with van der Waals surface area (Å²) in [7, 11) is 0. The number of halogens is 2. The monoisotopic (exact) mass is 361 g/mol. The molecule has 8 heteroatoms. The maximum atomic E-state index is 13.7. The standard InChI is InChI=1S/C17H13ClFN3O3/c1-10(16(23)21-15-7-4-12(18)8-14(15)19)25-13-5-2-11(3-6-13)17-22-20-9-24-17/h2-10H,1H3,(H,21,23)/t10-/m1/s1. The Kier molecular flexibility index (Phi) is 4.95. The van der Waals surface area contributed by atoms with Crippen LogP contribution >= 0.6 is 11.6 Å². The minimum atomic E-state index is -0.829. The maximum Gasteiger partial charge on any atom is 0.265 e. The van der Waals surface area contributed by atoms with Crippen molar-refractivity contribution in [1.29, 1.82) is 0 Å². The van der Waals surface area contributed by atoms with E-state index in [0.29, 0.717) is 11.6 Å². The van der Waals surface area contributed by atoms with E-state index in [1.165, 1.54) is 18.5 Å². The quantitative estimate of drug-likeness (QED) is 0.744. The number of carbonyl (C=O) groups excluding carboxylic acids is 1. The number of aromatic nitrogens is 2. The highest BCUT2D eigenvalue weighted by atomic mass is 35.5. The van der Waals surface area contributed by atoms with Crippen LogP contribution in [0.1, 0.15) is 6.92 Å². The first-order valence-corrected chi connectivity index (χ1v) is 7.70. The third-order valence-corrected chi connectivity index (χ3v) is 3.57. The summed E-state index contributed by atoms with van der Waals surface area (Å²) < 4.78 is 24.4. The molecule has 25 heavy (non-hydrogen) atoms. The largest absolute Gasteiger partial charge is 0.481 e. The van der Waals surface area contributed by atoms with Crippen LogP contribution in [0.4, 0.5) is 10.1 Å². The Balaban J connectivity index is 1.63. The number of benzene rings is 2. The highest BCUT2D eigenvalue weighted by Crippen LogP contribution is 2.22. The zero-order valence-electron chi connectivity index (χ0n) is 13.1. The average molecular weight is 362 g/mol. The summed E-state index contributed by atoms with van der Waals surface area (Å²) in [6, 6.07) is 10.8. The van der Waals surface area contributed by atoms with Crippen molar-refractivity contribution in [2.24, 2.45) is 0 Å². The van der Waals surface area contributed by atoms with Crippen molar-refractivity contribution in [3.8, 4) is 17.2 Å². The lowest BCUT2D eigenvalue weighted by molar-refractivity contribution is -0.122. The lowest BCUT2D eigenvalue weighted by atomic mass is 10.2. The number of nitrogens with one attached hydrogen (secondary N) is 1. The predicted octanol–water partition coefficient (Wildman–Crippen LogP) is 3.94. The summed E-state index contributed by atoms with van der Waals surface area (Å²) in [5, 5.41) is 10.1. The van der Waals surface area contributed by atoms with E-state index in [9.17, 15) is 9.18 Å². The molecule has 0 unspecified atom stereocenters. The van der Waals surface area contributed by atoms with Gasteiger partial charge in [0.05, 0.1) is 5.69 Å². The number of anilines is 1. The van der Waals surface area contributed by atoms with Gasteiger partial charge in [-0.25, -0.2) is 4.39 Å². The van der Waals surface area contributed by atoms with Gasteiger partial charge in [-0.15, -0.1) is 10.2 Å². The molecule has 0 aliphatic heterocycles. The van der Waals surface area contributed by atoms with Crippen LogP contribution in [0, 0.1) is 5.82 Å². The van der Waals surface area contributed by atoms with Gasteiger partial charge in [0.15, 0.2) is 6.10 Å². The fourth-order valence-corrected chi connectivity index (χ4v) is 2.22. The second-order valence-electron chi connectivity index (χ2n) is 5.14. The van der Waals surface area contributed by atoms with Gasteiger partial charge in [0.25, 0.3) is 5.91 Å². The van der Waals surface area contributed by atoms with E-state index in [2.05, 4.69) is 15.5 Å². The summed E-state index contributed by atoms with van der Waals surface area (Å²) in [5.74, 6) is -0.239. The van der Waals surface area contributed by atoms with Crippen LogP contribution in [0.15, 0.2) is 53.3 Å². The summed E-state index contributed by atoms with van der Waals surface area (Å²) in [6.45, 7) is 1.56. The SMILES string of the molecule is C[C@@H](Oc1ccc(-c2nnco2)cc1)C(=O)Nc1ccc(Cl)cc1F. The first-order chi connectivity index (χ1) is 12.0. The van der Waals surface area contributed by atoms with Crippen molar-refractivity contribution in [2.45, 2.75) is 13.0 Å². The molecule has 0 radical (unpaired) electrons. The van der Waals surface area contributed by atoms with E-state index in [-0.39, 0.29) is 10.7 Å². The molecule has 3 aromatic rings. The van der Waals surface area contributed by atoms with Gasteiger partial charge in [0.1, 0.15) is 11.6 Å². The van der Waals surface area contributed by atoms with Gasteiger partial charge in [0.2, 0.25) is 12.3 Å². The smallest absolute Gasteiger partial charge is 0.265 e. The Bertz CT molecular complexity index is 869. The minimum absolute atomic E-state index is 0.0385. The van der Waals surface area contributed by atoms with Gasteiger partial charge in [-0.05, 0) is 49.4 Å². The first kappa shape index (κ1) is 16.9. The number of ether oxygens (including phenoxy) is 1. The van der Waals surface area contributed by atoms with Crippen LogP contribution in [0.3, 0.4) is 0 Å². The number of rotatable bonds is 5. The summed E-state index contributed by atoms with van der Waals surface area (Å²) in [6.07, 6.45) is 0.409. The molecule has 1 amide bonds. The summed E-state index contributed by atoms with van der Waals surface area (Å²) >= 11 is 5.68. The van der Waals surface area contributed by atoms with Crippen molar-refractivity contribution in [1.82, 2.24) is 10.2 Å². The first-order valence-electron chi connectivity index (χ1n) is 7.32. The molecule has 1 N–H and O–H groups in total. The van der Waals surface area contributed by atoms with Gasteiger partial charge in [-0.1, -0.05) is 11.6 Å².